The average molecular weight is 416 g/mol. The van der Waals surface area contributed by atoms with Gasteiger partial charge in [0.25, 0.3) is 0 Å². The third-order valence-corrected chi connectivity index (χ3v) is 5.78. The molecule has 6 nitrogen and oxygen atoms in total. The molecule has 0 aliphatic carbocycles. The molecule has 0 unspecified atom stereocenters. The SMILES string of the molecule is CC[C@@H](C)c1ccccc1NC(=O)[C@@H](C)Sc1nnnn1-c1cccc(Cl)c1. The Labute approximate surface area is 173 Å². The minimum atomic E-state index is -0.381. The van der Waals surface area contributed by atoms with Gasteiger partial charge < -0.3 is 5.32 Å². The number of hydrogen-bond acceptors (Lipinski definition) is 5. The largest absolute Gasteiger partial charge is 0.325 e. The first kappa shape index (κ1) is 20.4. The van der Waals surface area contributed by atoms with Crippen molar-refractivity contribution in [1.29, 1.82) is 0 Å². The van der Waals surface area contributed by atoms with Crippen LogP contribution in [0.4, 0.5) is 5.69 Å². The van der Waals surface area contributed by atoms with E-state index < -0.39 is 0 Å². The molecule has 146 valence electrons. The summed E-state index contributed by atoms with van der Waals surface area (Å²) in [5.41, 5.74) is 2.73. The maximum atomic E-state index is 12.8. The van der Waals surface area contributed by atoms with Crippen molar-refractivity contribution in [2.24, 2.45) is 0 Å². The number of amides is 1. The van der Waals surface area contributed by atoms with E-state index in [0.717, 1.165) is 23.4 Å². The van der Waals surface area contributed by atoms with Crippen molar-refractivity contribution in [3.05, 3.63) is 59.1 Å². The number of thioether (sulfide) groups is 1. The highest BCUT2D eigenvalue weighted by molar-refractivity contribution is 8.00. The molecule has 8 heteroatoms. The molecule has 1 N–H and O–H groups in total. The minimum Gasteiger partial charge on any atom is -0.325 e. The Morgan fingerprint density at radius 3 is 2.75 bits per heavy atom. The molecule has 0 saturated heterocycles. The normalized spacial score (nSPS) is 13.1. The first-order chi connectivity index (χ1) is 13.5. The number of anilines is 1. The number of benzene rings is 2. The highest BCUT2D eigenvalue weighted by atomic mass is 35.5. The molecule has 28 heavy (non-hydrogen) atoms. The van der Waals surface area contributed by atoms with Crippen LogP contribution < -0.4 is 5.32 Å². The number of tetrazole rings is 1. The third-order valence-electron chi connectivity index (χ3n) is 4.51. The maximum Gasteiger partial charge on any atom is 0.237 e. The quantitative estimate of drug-likeness (QED) is 0.553. The summed E-state index contributed by atoms with van der Waals surface area (Å²) >= 11 is 7.36. The molecule has 2 atom stereocenters. The summed E-state index contributed by atoms with van der Waals surface area (Å²) in [5.74, 6) is 0.274. The molecule has 1 aromatic heterocycles. The Hall–Kier alpha value is -2.38. The van der Waals surface area contributed by atoms with Crippen LogP contribution in [0.15, 0.2) is 53.7 Å². The third kappa shape index (κ3) is 4.72. The summed E-state index contributed by atoms with van der Waals surface area (Å²) in [6.07, 6.45) is 1.01. The molecular formula is C20H22ClN5OS. The molecule has 0 aliphatic heterocycles. The van der Waals surface area contributed by atoms with Crippen LogP contribution in [-0.2, 0) is 4.79 Å². The van der Waals surface area contributed by atoms with E-state index in [1.54, 1.807) is 16.8 Å². The van der Waals surface area contributed by atoms with Gasteiger partial charge in [-0.05, 0) is 59.5 Å². The zero-order valence-electron chi connectivity index (χ0n) is 16.0. The fourth-order valence-electron chi connectivity index (χ4n) is 2.73. The number of carbonyl (C=O) groups excluding carboxylic acids is 1. The number of nitrogens with one attached hydrogen (secondary N) is 1. The Kier molecular flexibility index (Phi) is 6.70. The van der Waals surface area contributed by atoms with Gasteiger partial charge in [-0.2, -0.15) is 4.68 Å². The number of rotatable bonds is 7. The lowest BCUT2D eigenvalue weighted by Gasteiger charge is -2.17. The molecule has 0 fully saturated rings. The van der Waals surface area contributed by atoms with Crippen molar-refractivity contribution in [1.82, 2.24) is 20.2 Å². The van der Waals surface area contributed by atoms with Crippen LogP contribution in [0, 0.1) is 0 Å². The molecular weight excluding hydrogens is 394 g/mol. The Morgan fingerprint density at radius 1 is 1.21 bits per heavy atom. The fraction of sp³-hybridized carbons (Fsp3) is 0.300. The summed E-state index contributed by atoms with van der Waals surface area (Å²) in [7, 11) is 0. The van der Waals surface area contributed by atoms with E-state index in [-0.39, 0.29) is 11.2 Å². The summed E-state index contributed by atoms with van der Waals surface area (Å²) < 4.78 is 1.58. The molecule has 0 saturated carbocycles. The Balaban J connectivity index is 1.74. The van der Waals surface area contributed by atoms with Gasteiger partial charge in [0.05, 0.1) is 10.9 Å². The van der Waals surface area contributed by atoms with Crippen LogP contribution >= 0.6 is 23.4 Å². The summed E-state index contributed by atoms with van der Waals surface area (Å²) in [5, 5.41) is 15.6. The van der Waals surface area contributed by atoms with Gasteiger partial charge in [0, 0.05) is 10.7 Å². The predicted octanol–water partition coefficient (Wildman–Crippen LogP) is 4.95. The van der Waals surface area contributed by atoms with Crippen LogP contribution in [0.5, 0.6) is 0 Å². The lowest BCUT2D eigenvalue weighted by Crippen LogP contribution is -2.23. The second-order valence-electron chi connectivity index (χ2n) is 6.50. The predicted molar refractivity (Wildman–Crippen MR) is 113 cm³/mol. The zero-order valence-corrected chi connectivity index (χ0v) is 17.5. The van der Waals surface area contributed by atoms with Gasteiger partial charge in [0.2, 0.25) is 11.1 Å². The first-order valence-corrected chi connectivity index (χ1v) is 10.4. The van der Waals surface area contributed by atoms with Crippen LogP contribution in [0.3, 0.4) is 0 Å². The van der Waals surface area contributed by atoms with Gasteiger partial charge in [-0.3, -0.25) is 4.79 Å². The molecule has 3 rings (SSSR count). The topological polar surface area (TPSA) is 72.7 Å². The van der Waals surface area contributed by atoms with E-state index in [2.05, 4.69) is 40.8 Å². The molecule has 0 radical (unpaired) electrons. The van der Waals surface area contributed by atoms with Crippen LogP contribution in [-0.4, -0.2) is 31.4 Å². The second kappa shape index (κ2) is 9.21. The Bertz CT molecular complexity index is 961. The maximum absolute atomic E-state index is 12.8. The van der Waals surface area contributed by atoms with Gasteiger partial charge in [-0.25, -0.2) is 0 Å². The van der Waals surface area contributed by atoms with E-state index in [1.165, 1.54) is 11.8 Å². The van der Waals surface area contributed by atoms with E-state index >= 15 is 0 Å². The number of nitrogens with zero attached hydrogens (tertiary/aromatic N) is 4. The smallest absolute Gasteiger partial charge is 0.237 e. The summed E-state index contributed by atoms with van der Waals surface area (Å²) in [6, 6.07) is 15.2. The molecule has 0 bridgehead atoms. The molecule has 3 aromatic rings. The second-order valence-corrected chi connectivity index (χ2v) is 8.24. The van der Waals surface area contributed by atoms with E-state index in [0.29, 0.717) is 16.1 Å². The Morgan fingerprint density at radius 2 is 2.00 bits per heavy atom. The van der Waals surface area contributed by atoms with Crippen molar-refractivity contribution in [2.45, 2.75) is 43.5 Å². The van der Waals surface area contributed by atoms with Crippen molar-refractivity contribution >= 4 is 35.0 Å². The number of hydrogen-bond donors (Lipinski definition) is 1. The van der Waals surface area contributed by atoms with E-state index in [1.807, 2.05) is 37.3 Å². The van der Waals surface area contributed by atoms with Gasteiger partial charge in [0.1, 0.15) is 0 Å². The van der Waals surface area contributed by atoms with Gasteiger partial charge in [0.15, 0.2) is 0 Å². The van der Waals surface area contributed by atoms with Crippen LogP contribution in [0.25, 0.3) is 5.69 Å². The van der Waals surface area contributed by atoms with E-state index in [4.69, 9.17) is 11.6 Å². The van der Waals surface area contributed by atoms with Crippen molar-refractivity contribution in [3.63, 3.8) is 0 Å². The van der Waals surface area contributed by atoms with Crippen molar-refractivity contribution < 1.29 is 4.79 Å². The van der Waals surface area contributed by atoms with Gasteiger partial charge in [-0.15, -0.1) is 5.10 Å². The molecule has 1 amide bonds. The molecule has 0 spiro atoms. The fourth-order valence-corrected chi connectivity index (χ4v) is 3.72. The van der Waals surface area contributed by atoms with Gasteiger partial charge in [-0.1, -0.05) is 61.5 Å². The highest BCUT2D eigenvalue weighted by Gasteiger charge is 2.21. The first-order valence-electron chi connectivity index (χ1n) is 9.10. The average Bonchev–Trinajstić information content (AvgIpc) is 3.16. The van der Waals surface area contributed by atoms with Crippen molar-refractivity contribution in [2.75, 3.05) is 5.32 Å². The number of aromatic nitrogens is 4. The van der Waals surface area contributed by atoms with Crippen LogP contribution in [0.1, 0.15) is 38.7 Å². The zero-order chi connectivity index (χ0) is 20.1. The van der Waals surface area contributed by atoms with Gasteiger partial charge >= 0.3 is 0 Å². The molecule has 1 heterocycles. The molecule has 2 aromatic carbocycles. The lowest BCUT2D eigenvalue weighted by atomic mass is 9.97. The van der Waals surface area contributed by atoms with E-state index in [9.17, 15) is 4.79 Å². The lowest BCUT2D eigenvalue weighted by molar-refractivity contribution is -0.115. The number of carbonyl (C=O) groups is 1. The number of para-hydroxylation sites is 1. The molecule has 0 aliphatic rings. The van der Waals surface area contributed by atoms with Crippen molar-refractivity contribution in [3.8, 4) is 5.69 Å². The minimum absolute atomic E-state index is 0.0959. The summed E-state index contributed by atoms with van der Waals surface area (Å²) in [4.78, 5) is 12.8. The number of halogens is 1. The summed E-state index contributed by atoms with van der Waals surface area (Å²) in [6.45, 7) is 6.13. The monoisotopic (exact) mass is 415 g/mol. The van der Waals surface area contributed by atoms with Crippen LogP contribution in [0.2, 0.25) is 5.02 Å². The standard InChI is InChI=1S/C20H22ClN5OS/c1-4-13(2)17-10-5-6-11-18(17)22-19(27)14(3)28-20-23-24-25-26(20)16-9-7-8-15(21)12-16/h5-14H,4H2,1-3H3,(H,22,27)/t13-,14-/m1/s1. The highest BCUT2D eigenvalue weighted by Crippen LogP contribution is 2.28.